The summed E-state index contributed by atoms with van der Waals surface area (Å²) in [6.45, 7) is 10.3. The first-order valence-electron chi connectivity index (χ1n) is 4.86. The van der Waals surface area contributed by atoms with Gasteiger partial charge in [0.05, 0.1) is 6.04 Å². The van der Waals surface area contributed by atoms with Crippen LogP contribution in [0.2, 0.25) is 0 Å². The van der Waals surface area contributed by atoms with Gasteiger partial charge in [-0.1, -0.05) is 13.2 Å². The first-order chi connectivity index (χ1) is 7.34. The Morgan fingerprint density at radius 2 is 1.88 bits per heavy atom. The van der Waals surface area contributed by atoms with Crippen molar-refractivity contribution in [1.82, 2.24) is 5.32 Å². The molecule has 0 spiro atoms. The number of esters is 1. The Morgan fingerprint density at radius 1 is 1.31 bits per heavy atom. The third kappa shape index (κ3) is 5.98. The highest BCUT2D eigenvalue weighted by molar-refractivity contribution is 5.92. The van der Waals surface area contributed by atoms with E-state index in [9.17, 15) is 9.59 Å². The van der Waals surface area contributed by atoms with Crippen LogP contribution < -0.4 is 11.1 Å². The van der Waals surface area contributed by atoms with E-state index in [1.54, 1.807) is 13.8 Å². The van der Waals surface area contributed by atoms with Crippen LogP contribution in [0.25, 0.3) is 0 Å². The molecular formula is C11H18N2O3. The average Bonchev–Trinajstić information content (AvgIpc) is 2.21. The van der Waals surface area contributed by atoms with Crippen molar-refractivity contribution in [2.24, 2.45) is 5.73 Å². The molecule has 0 aliphatic carbocycles. The zero-order chi connectivity index (χ0) is 12.7. The number of carbonyl (C=O) groups excluding carboxylic acids is 2. The fourth-order valence-electron chi connectivity index (χ4n) is 0.740. The van der Waals surface area contributed by atoms with Crippen molar-refractivity contribution in [1.29, 1.82) is 0 Å². The molecule has 0 saturated heterocycles. The lowest BCUT2D eigenvalue weighted by Gasteiger charge is -2.13. The third-order valence-electron chi connectivity index (χ3n) is 1.69. The molecule has 0 heterocycles. The van der Waals surface area contributed by atoms with Crippen molar-refractivity contribution in [3.63, 3.8) is 0 Å². The van der Waals surface area contributed by atoms with E-state index in [2.05, 4.69) is 18.5 Å². The van der Waals surface area contributed by atoms with E-state index < -0.39 is 12.0 Å². The molecule has 1 atom stereocenters. The maximum atomic E-state index is 11.1. The Kier molecular flexibility index (Phi) is 6.10. The molecule has 90 valence electrons. The number of amides is 1. The zero-order valence-electron chi connectivity index (χ0n) is 9.71. The lowest BCUT2D eigenvalue weighted by atomic mass is 10.3. The van der Waals surface area contributed by atoms with E-state index in [1.807, 2.05) is 0 Å². The summed E-state index contributed by atoms with van der Waals surface area (Å²) >= 11 is 0. The maximum absolute atomic E-state index is 11.1. The quantitative estimate of drug-likeness (QED) is 0.498. The Bertz CT molecular complexity index is 280. The molecule has 0 aromatic rings. The van der Waals surface area contributed by atoms with Gasteiger partial charge in [0.15, 0.2) is 0 Å². The van der Waals surface area contributed by atoms with Gasteiger partial charge in [-0.15, -0.1) is 0 Å². The molecule has 1 amide bonds. The van der Waals surface area contributed by atoms with Gasteiger partial charge in [0, 0.05) is 17.7 Å². The number of ether oxygens (including phenoxy) is 1. The number of nitrogens with two attached hydrogens (primary N) is 1. The van der Waals surface area contributed by atoms with E-state index >= 15 is 0 Å². The number of hydrogen-bond donors (Lipinski definition) is 2. The molecule has 0 aromatic heterocycles. The number of nitrogens with one attached hydrogen (secondary N) is 1. The predicted octanol–water partition coefficient (Wildman–Crippen LogP) is 0.125. The summed E-state index contributed by atoms with van der Waals surface area (Å²) in [5.41, 5.74) is 6.35. The van der Waals surface area contributed by atoms with Gasteiger partial charge >= 0.3 is 5.97 Å². The summed E-state index contributed by atoms with van der Waals surface area (Å²) in [6.07, 6.45) is 0. The standard InChI is InChI=1S/C11H18N2O3/c1-7(2)10(14)13-5-9(12)6-16-11(15)8(3)4/h9H,1,3,5-6,12H2,2,4H3,(H,13,14). The van der Waals surface area contributed by atoms with Gasteiger partial charge < -0.3 is 15.8 Å². The average molecular weight is 226 g/mol. The summed E-state index contributed by atoms with van der Waals surface area (Å²) in [5.74, 6) is -0.747. The van der Waals surface area contributed by atoms with Gasteiger partial charge in [0.25, 0.3) is 0 Å². The van der Waals surface area contributed by atoms with E-state index in [-0.39, 0.29) is 19.1 Å². The molecule has 5 heteroatoms. The fraction of sp³-hybridized carbons (Fsp3) is 0.455. The highest BCUT2D eigenvalue weighted by Crippen LogP contribution is 1.93. The normalized spacial score (nSPS) is 11.4. The highest BCUT2D eigenvalue weighted by Gasteiger charge is 2.09. The van der Waals surface area contributed by atoms with E-state index in [0.29, 0.717) is 11.1 Å². The van der Waals surface area contributed by atoms with Crippen LogP contribution in [0, 0.1) is 0 Å². The first kappa shape index (κ1) is 14.4. The van der Waals surface area contributed by atoms with Crippen LogP contribution in [0.5, 0.6) is 0 Å². The second-order valence-electron chi connectivity index (χ2n) is 3.63. The molecule has 0 rings (SSSR count). The van der Waals surface area contributed by atoms with Crippen molar-refractivity contribution < 1.29 is 14.3 Å². The fourth-order valence-corrected chi connectivity index (χ4v) is 0.740. The van der Waals surface area contributed by atoms with Crippen molar-refractivity contribution in [2.45, 2.75) is 19.9 Å². The lowest BCUT2D eigenvalue weighted by molar-refractivity contribution is -0.139. The Morgan fingerprint density at radius 3 is 2.31 bits per heavy atom. The minimum absolute atomic E-state index is 0.0438. The molecule has 0 fully saturated rings. The SMILES string of the molecule is C=C(C)C(=O)NCC(N)COC(=O)C(=C)C. The monoisotopic (exact) mass is 226 g/mol. The molecule has 0 aliphatic rings. The van der Waals surface area contributed by atoms with Gasteiger partial charge in [-0.05, 0) is 13.8 Å². The molecule has 1 unspecified atom stereocenters. The number of carbonyl (C=O) groups is 2. The van der Waals surface area contributed by atoms with Crippen LogP contribution in [-0.4, -0.2) is 31.1 Å². The molecular weight excluding hydrogens is 208 g/mol. The second-order valence-corrected chi connectivity index (χ2v) is 3.63. The minimum atomic E-state index is -0.485. The number of rotatable bonds is 6. The van der Waals surface area contributed by atoms with Gasteiger partial charge in [-0.2, -0.15) is 0 Å². The lowest BCUT2D eigenvalue weighted by Crippen LogP contribution is -2.40. The summed E-state index contributed by atoms with van der Waals surface area (Å²) in [7, 11) is 0. The van der Waals surface area contributed by atoms with Crippen LogP contribution >= 0.6 is 0 Å². The van der Waals surface area contributed by atoms with E-state index in [1.165, 1.54) is 0 Å². The van der Waals surface area contributed by atoms with Gasteiger partial charge in [0.2, 0.25) is 5.91 Å². The molecule has 5 nitrogen and oxygen atoms in total. The minimum Gasteiger partial charge on any atom is -0.461 e. The summed E-state index contributed by atoms with van der Waals surface area (Å²) < 4.78 is 4.82. The van der Waals surface area contributed by atoms with Gasteiger partial charge in [-0.25, -0.2) is 4.79 Å². The molecule has 16 heavy (non-hydrogen) atoms. The van der Waals surface area contributed by atoms with Gasteiger partial charge in [0.1, 0.15) is 6.61 Å². The smallest absolute Gasteiger partial charge is 0.333 e. The van der Waals surface area contributed by atoms with Crippen LogP contribution in [-0.2, 0) is 14.3 Å². The largest absolute Gasteiger partial charge is 0.461 e. The zero-order valence-corrected chi connectivity index (χ0v) is 9.71. The molecule has 0 radical (unpaired) electrons. The van der Waals surface area contributed by atoms with Crippen LogP contribution in [0.15, 0.2) is 24.3 Å². The third-order valence-corrected chi connectivity index (χ3v) is 1.69. The van der Waals surface area contributed by atoms with Crippen LogP contribution in [0.3, 0.4) is 0 Å². The topological polar surface area (TPSA) is 81.4 Å². The van der Waals surface area contributed by atoms with E-state index in [4.69, 9.17) is 10.5 Å². The Labute approximate surface area is 95.3 Å². The highest BCUT2D eigenvalue weighted by atomic mass is 16.5. The Balaban J connectivity index is 3.79. The Hall–Kier alpha value is -1.62. The number of hydrogen-bond acceptors (Lipinski definition) is 4. The van der Waals surface area contributed by atoms with Gasteiger partial charge in [-0.3, -0.25) is 4.79 Å². The van der Waals surface area contributed by atoms with Crippen molar-refractivity contribution in [2.75, 3.05) is 13.2 Å². The van der Waals surface area contributed by atoms with Crippen molar-refractivity contribution >= 4 is 11.9 Å². The molecule has 0 saturated carbocycles. The van der Waals surface area contributed by atoms with Crippen molar-refractivity contribution in [3.8, 4) is 0 Å². The first-order valence-corrected chi connectivity index (χ1v) is 4.86. The second kappa shape index (κ2) is 6.79. The summed E-state index contributed by atoms with van der Waals surface area (Å²) in [5, 5.41) is 2.56. The van der Waals surface area contributed by atoms with Crippen LogP contribution in [0.4, 0.5) is 0 Å². The molecule has 0 bridgehead atoms. The summed E-state index contributed by atoms with van der Waals surface area (Å²) in [4.78, 5) is 22.1. The van der Waals surface area contributed by atoms with E-state index in [0.717, 1.165) is 0 Å². The molecule has 0 aromatic carbocycles. The van der Waals surface area contributed by atoms with Crippen LogP contribution in [0.1, 0.15) is 13.8 Å². The van der Waals surface area contributed by atoms with Crippen molar-refractivity contribution in [3.05, 3.63) is 24.3 Å². The molecule has 3 N–H and O–H groups in total. The maximum Gasteiger partial charge on any atom is 0.333 e. The summed E-state index contributed by atoms with van der Waals surface area (Å²) in [6, 6.07) is -0.438. The predicted molar refractivity (Wildman–Crippen MR) is 61.6 cm³/mol. The molecule has 0 aliphatic heterocycles.